The zero-order valence-electron chi connectivity index (χ0n) is 11.2. The second-order valence-corrected chi connectivity index (χ2v) is 4.85. The molecule has 2 unspecified atom stereocenters. The molecule has 20 heavy (non-hydrogen) atoms. The maximum atomic E-state index is 12.1. The van der Waals surface area contributed by atoms with Crippen molar-refractivity contribution in [3.63, 3.8) is 0 Å². The third kappa shape index (κ3) is 3.55. The number of ether oxygens (including phenoxy) is 1. The van der Waals surface area contributed by atoms with Crippen LogP contribution < -0.4 is 16.8 Å². The van der Waals surface area contributed by atoms with Gasteiger partial charge in [-0.15, -0.1) is 0 Å². The quantitative estimate of drug-likeness (QED) is 0.712. The summed E-state index contributed by atoms with van der Waals surface area (Å²) in [5.74, 6) is -0.648. The Morgan fingerprint density at radius 3 is 2.70 bits per heavy atom. The van der Waals surface area contributed by atoms with Gasteiger partial charge in [0.25, 0.3) is 5.91 Å². The summed E-state index contributed by atoms with van der Waals surface area (Å²) in [5, 5.41) is 2.79. The second-order valence-electron chi connectivity index (χ2n) is 4.85. The van der Waals surface area contributed by atoms with E-state index >= 15 is 0 Å². The summed E-state index contributed by atoms with van der Waals surface area (Å²) in [6.45, 7) is 0.419. The largest absolute Gasteiger partial charge is 0.369 e. The lowest BCUT2D eigenvalue weighted by Gasteiger charge is -2.14. The van der Waals surface area contributed by atoms with Gasteiger partial charge in [-0.2, -0.15) is 0 Å². The van der Waals surface area contributed by atoms with Crippen LogP contribution in [0.4, 0.5) is 5.69 Å². The van der Waals surface area contributed by atoms with Gasteiger partial charge in [-0.05, 0) is 24.5 Å². The Balaban J connectivity index is 2.03. The van der Waals surface area contributed by atoms with Crippen molar-refractivity contribution >= 4 is 17.5 Å². The van der Waals surface area contributed by atoms with E-state index in [1.807, 2.05) is 0 Å². The Bertz CT molecular complexity index is 504. The van der Waals surface area contributed by atoms with E-state index in [0.717, 1.165) is 6.42 Å². The molecule has 1 aromatic carbocycles. The van der Waals surface area contributed by atoms with Crippen LogP contribution in [-0.2, 0) is 20.7 Å². The molecule has 1 aromatic rings. The minimum Gasteiger partial charge on any atom is -0.369 e. The molecule has 0 aliphatic carbocycles. The molecular weight excluding hydrogens is 258 g/mol. The first-order valence-corrected chi connectivity index (χ1v) is 6.62. The van der Waals surface area contributed by atoms with Crippen LogP contribution in [0.15, 0.2) is 24.3 Å². The van der Waals surface area contributed by atoms with Gasteiger partial charge in [0.2, 0.25) is 5.91 Å². The van der Waals surface area contributed by atoms with E-state index in [-0.39, 0.29) is 18.4 Å². The molecule has 0 spiro atoms. The Morgan fingerprint density at radius 1 is 1.30 bits per heavy atom. The first-order chi connectivity index (χ1) is 9.60. The van der Waals surface area contributed by atoms with Gasteiger partial charge in [0.15, 0.2) is 0 Å². The lowest BCUT2D eigenvalue weighted by molar-refractivity contribution is -0.126. The van der Waals surface area contributed by atoms with Crippen molar-refractivity contribution in [2.45, 2.75) is 31.5 Å². The smallest absolute Gasteiger partial charge is 0.253 e. The van der Waals surface area contributed by atoms with E-state index in [2.05, 4.69) is 5.32 Å². The number of nitrogens with two attached hydrogens (primary N) is 2. The zero-order valence-corrected chi connectivity index (χ0v) is 11.2. The summed E-state index contributed by atoms with van der Waals surface area (Å²) < 4.78 is 5.54. The monoisotopic (exact) mass is 277 g/mol. The van der Waals surface area contributed by atoms with Crippen molar-refractivity contribution in [2.75, 3.05) is 11.9 Å². The molecule has 0 saturated carbocycles. The van der Waals surface area contributed by atoms with Crippen molar-refractivity contribution in [1.82, 2.24) is 0 Å². The predicted molar refractivity (Wildman–Crippen MR) is 74.9 cm³/mol. The Morgan fingerprint density at radius 2 is 2.05 bits per heavy atom. The van der Waals surface area contributed by atoms with E-state index in [4.69, 9.17) is 16.2 Å². The third-order valence-corrected chi connectivity index (χ3v) is 3.30. The Kier molecular flexibility index (Phi) is 4.70. The topological polar surface area (TPSA) is 107 Å². The lowest BCUT2D eigenvalue weighted by Crippen LogP contribution is -2.30. The highest BCUT2D eigenvalue weighted by atomic mass is 16.5. The fourth-order valence-electron chi connectivity index (χ4n) is 2.27. The van der Waals surface area contributed by atoms with E-state index in [1.54, 1.807) is 24.3 Å². The zero-order chi connectivity index (χ0) is 14.5. The molecular formula is C14H19N3O3. The van der Waals surface area contributed by atoms with Gasteiger partial charge in [-0.25, -0.2) is 0 Å². The normalized spacial score (nSPS) is 21.6. The number of benzene rings is 1. The fraction of sp³-hybridized carbons (Fsp3) is 0.429. The molecule has 6 heteroatoms. The SMILES string of the molecule is NCC1CCC(C(=O)Nc2ccccc2CC(N)=O)O1. The van der Waals surface area contributed by atoms with Crippen LogP contribution in [0, 0.1) is 0 Å². The maximum absolute atomic E-state index is 12.1. The van der Waals surface area contributed by atoms with Gasteiger partial charge < -0.3 is 21.5 Å². The molecule has 2 atom stereocenters. The van der Waals surface area contributed by atoms with Crippen molar-refractivity contribution < 1.29 is 14.3 Å². The van der Waals surface area contributed by atoms with E-state index in [1.165, 1.54) is 0 Å². The number of nitrogens with one attached hydrogen (secondary N) is 1. The summed E-state index contributed by atoms with van der Waals surface area (Å²) in [5.41, 5.74) is 12.0. The number of carbonyl (C=O) groups excluding carboxylic acids is 2. The van der Waals surface area contributed by atoms with Crippen LogP contribution in [-0.4, -0.2) is 30.6 Å². The van der Waals surface area contributed by atoms with Crippen LogP contribution in [0.1, 0.15) is 18.4 Å². The predicted octanol–water partition coefficient (Wildman–Crippen LogP) is 0.159. The maximum Gasteiger partial charge on any atom is 0.253 e. The molecule has 1 aliphatic heterocycles. The molecule has 2 rings (SSSR count). The molecule has 5 N–H and O–H groups in total. The fourth-order valence-corrected chi connectivity index (χ4v) is 2.27. The van der Waals surface area contributed by atoms with Crippen LogP contribution in [0.2, 0.25) is 0 Å². The average molecular weight is 277 g/mol. The van der Waals surface area contributed by atoms with Gasteiger partial charge in [0, 0.05) is 12.2 Å². The van der Waals surface area contributed by atoms with E-state index in [0.29, 0.717) is 24.2 Å². The third-order valence-electron chi connectivity index (χ3n) is 3.30. The molecule has 1 heterocycles. The summed E-state index contributed by atoms with van der Waals surface area (Å²) in [4.78, 5) is 23.1. The molecule has 0 bridgehead atoms. The number of hydrogen-bond donors (Lipinski definition) is 3. The summed E-state index contributed by atoms with van der Waals surface area (Å²) in [6, 6.07) is 7.09. The number of primary amides is 1. The highest BCUT2D eigenvalue weighted by molar-refractivity contribution is 5.95. The van der Waals surface area contributed by atoms with Crippen LogP contribution in [0.3, 0.4) is 0 Å². The number of carbonyl (C=O) groups is 2. The molecule has 1 aliphatic rings. The number of anilines is 1. The van der Waals surface area contributed by atoms with Crippen molar-refractivity contribution in [2.24, 2.45) is 11.5 Å². The Hall–Kier alpha value is -1.92. The van der Waals surface area contributed by atoms with Crippen molar-refractivity contribution in [3.8, 4) is 0 Å². The minimum atomic E-state index is -0.481. The number of hydrogen-bond acceptors (Lipinski definition) is 4. The Labute approximate surface area is 117 Å². The standard InChI is InChI=1S/C14H19N3O3/c15-8-10-5-6-12(20-10)14(19)17-11-4-2-1-3-9(11)7-13(16)18/h1-4,10,12H,5-8,15H2,(H2,16,18)(H,17,19). The van der Waals surface area contributed by atoms with Crippen LogP contribution in [0.5, 0.6) is 0 Å². The van der Waals surface area contributed by atoms with Gasteiger partial charge in [-0.1, -0.05) is 18.2 Å². The average Bonchev–Trinajstić information content (AvgIpc) is 2.89. The minimum absolute atomic E-state index is 0.0494. The number of rotatable bonds is 5. The molecule has 1 saturated heterocycles. The molecule has 1 fully saturated rings. The lowest BCUT2D eigenvalue weighted by atomic mass is 10.1. The summed E-state index contributed by atoms with van der Waals surface area (Å²) in [6.07, 6.45) is 1.01. The second kappa shape index (κ2) is 6.49. The molecule has 0 aromatic heterocycles. The van der Waals surface area contributed by atoms with Crippen molar-refractivity contribution in [3.05, 3.63) is 29.8 Å². The van der Waals surface area contributed by atoms with Crippen molar-refractivity contribution in [1.29, 1.82) is 0 Å². The molecule has 6 nitrogen and oxygen atoms in total. The van der Waals surface area contributed by atoms with Gasteiger partial charge in [0.05, 0.1) is 12.5 Å². The number of amides is 2. The molecule has 2 amide bonds. The van der Waals surface area contributed by atoms with Gasteiger partial charge in [0.1, 0.15) is 6.10 Å². The van der Waals surface area contributed by atoms with Crippen LogP contribution >= 0.6 is 0 Å². The summed E-state index contributed by atoms with van der Waals surface area (Å²) in [7, 11) is 0. The van der Waals surface area contributed by atoms with E-state index in [9.17, 15) is 9.59 Å². The highest BCUT2D eigenvalue weighted by Gasteiger charge is 2.30. The number of para-hydroxylation sites is 1. The van der Waals surface area contributed by atoms with Gasteiger partial charge in [-0.3, -0.25) is 9.59 Å². The molecule has 108 valence electrons. The van der Waals surface area contributed by atoms with Crippen LogP contribution in [0.25, 0.3) is 0 Å². The first-order valence-electron chi connectivity index (χ1n) is 6.62. The first kappa shape index (κ1) is 14.5. The summed E-state index contributed by atoms with van der Waals surface area (Å²) >= 11 is 0. The molecule has 0 radical (unpaired) electrons. The van der Waals surface area contributed by atoms with Gasteiger partial charge >= 0.3 is 0 Å². The highest BCUT2D eigenvalue weighted by Crippen LogP contribution is 2.22. The van der Waals surface area contributed by atoms with E-state index < -0.39 is 12.0 Å².